The summed E-state index contributed by atoms with van der Waals surface area (Å²) in [5.41, 5.74) is 3.81. The minimum absolute atomic E-state index is 0.0374. The molecule has 2 aromatic rings. The Hall–Kier alpha value is -2.41. The normalized spacial score (nSPS) is 14.3. The smallest absolute Gasteiger partial charge is 0.144 e. The van der Waals surface area contributed by atoms with Crippen LogP contribution in [0.5, 0.6) is 0 Å². The van der Waals surface area contributed by atoms with Crippen molar-refractivity contribution < 1.29 is 4.39 Å². The van der Waals surface area contributed by atoms with Crippen LogP contribution in [-0.4, -0.2) is 4.98 Å². The predicted octanol–water partition coefficient (Wildman–Crippen LogP) is 3.75. The van der Waals surface area contributed by atoms with E-state index in [4.69, 9.17) is 0 Å². The number of pyridine rings is 1. The third-order valence-corrected chi connectivity index (χ3v) is 3.89. The Morgan fingerprint density at radius 3 is 2.76 bits per heavy atom. The van der Waals surface area contributed by atoms with E-state index in [0.717, 1.165) is 30.5 Å². The number of nitriles is 1. The molecule has 1 unspecified atom stereocenters. The van der Waals surface area contributed by atoms with Crippen LogP contribution in [0, 0.1) is 17.1 Å². The topological polar surface area (TPSA) is 48.7 Å². The zero-order chi connectivity index (χ0) is 14.8. The first kappa shape index (κ1) is 13.6. The largest absolute Gasteiger partial charge is 0.362 e. The first-order valence-electron chi connectivity index (χ1n) is 7.12. The second-order valence-electron chi connectivity index (χ2n) is 5.37. The van der Waals surface area contributed by atoms with E-state index in [0.29, 0.717) is 11.4 Å². The Bertz CT molecular complexity index is 701. The first-order chi connectivity index (χ1) is 10.2. The summed E-state index contributed by atoms with van der Waals surface area (Å²) in [4.78, 5) is 4.60. The van der Waals surface area contributed by atoms with E-state index >= 15 is 0 Å². The minimum atomic E-state index is -0.251. The summed E-state index contributed by atoms with van der Waals surface area (Å²) in [7, 11) is 0. The fourth-order valence-electron chi connectivity index (χ4n) is 2.71. The van der Waals surface area contributed by atoms with Crippen LogP contribution in [-0.2, 0) is 12.8 Å². The van der Waals surface area contributed by atoms with Crippen molar-refractivity contribution in [3.63, 3.8) is 0 Å². The van der Waals surface area contributed by atoms with Gasteiger partial charge in [0.25, 0.3) is 0 Å². The van der Waals surface area contributed by atoms with Gasteiger partial charge in [-0.3, -0.25) is 0 Å². The number of halogens is 1. The van der Waals surface area contributed by atoms with Gasteiger partial charge in [0.1, 0.15) is 17.7 Å². The number of hydrogen-bond donors (Lipinski definition) is 1. The number of hydrogen-bond acceptors (Lipinski definition) is 3. The fourth-order valence-corrected chi connectivity index (χ4v) is 2.71. The average Bonchev–Trinajstić information content (AvgIpc) is 2.94. The Morgan fingerprint density at radius 2 is 2.05 bits per heavy atom. The highest BCUT2D eigenvalue weighted by molar-refractivity contribution is 5.56. The lowest BCUT2D eigenvalue weighted by Gasteiger charge is -2.17. The monoisotopic (exact) mass is 281 g/mol. The molecule has 0 spiro atoms. The third-order valence-electron chi connectivity index (χ3n) is 3.89. The molecule has 1 N–H and O–H groups in total. The zero-order valence-corrected chi connectivity index (χ0v) is 11.9. The maximum absolute atomic E-state index is 13.0. The molecule has 1 aliphatic rings. The van der Waals surface area contributed by atoms with Crippen molar-refractivity contribution in [3.05, 3.63) is 58.5 Å². The van der Waals surface area contributed by atoms with E-state index in [-0.39, 0.29) is 11.9 Å². The van der Waals surface area contributed by atoms with Gasteiger partial charge in [-0.15, -0.1) is 0 Å². The molecule has 106 valence electrons. The van der Waals surface area contributed by atoms with E-state index in [2.05, 4.69) is 16.4 Å². The second kappa shape index (κ2) is 5.53. The summed E-state index contributed by atoms with van der Waals surface area (Å²) in [5, 5.41) is 12.6. The van der Waals surface area contributed by atoms with Crippen molar-refractivity contribution in [1.29, 1.82) is 5.26 Å². The summed E-state index contributed by atoms with van der Waals surface area (Å²) in [6, 6.07) is 10.5. The van der Waals surface area contributed by atoms with Gasteiger partial charge in [0.2, 0.25) is 0 Å². The Balaban J connectivity index is 1.87. The molecule has 0 fully saturated rings. The van der Waals surface area contributed by atoms with Crippen molar-refractivity contribution in [2.45, 2.75) is 32.2 Å². The standard InChI is InChI=1S/C17H16FN3/c1-11(12-5-7-15(18)8-6-12)20-17-14(10-19)9-13-3-2-4-16(13)21-17/h5-9,11H,2-4H2,1H3,(H,20,21). The lowest BCUT2D eigenvalue weighted by atomic mass is 10.1. The number of fused-ring (bicyclic) bond motifs is 1. The minimum Gasteiger partial charge on any atom is -0.362 e. The Labute approximate surface area is 123 Å². The van der Waals surface area contributed by atoms with Crippen LogP contribution in [0.3, 0.4) is 0 Å². The molecule has 3 rings (SSSR count). The molecule has 4 heteroatoms. The number of aromatic nitrogens is 1. The highest BCUT2D eigenvalue weighted by Gasteiger charge is 2.17. The van der Waals surface area contributed by atoms with Gasteiger partial charge in [0.15, 0.2) is 0 Å². The molecular formula is C17H16FN3. The van der Waals surface area contributed by atoms with E-state index in [1.54, 1.807) is 12.1 Å². The zero-order valence-electron chi connectivity index (χ0n) is 11.9. The van der Waals surface area contributed by atoms with Crippen molar-refractivity contribution >= 4 is 5.82 Å². The van der Waals surface area contributed by atoms with Gasteiger partial charge in [0.05, 0.1) is 5.56 Å². The Morgan fingerprint density at radius 1 is 1.29 bits per heavy atom. The molecule has 1 aliphatic carbocycles. The highest BCUT2D eigenvalue weighted by Crippen LogP contribution is 2.27. The summed E-state index contributed by atoms with van der Waals surface area (Å²) >= 11 is 0. The number of rotatable bonds is 3. The van der Waals surface area contributed by atoms with Crippen LogP contribution in [0.2, 0.25) is 0 Å². The number of benzene rings is 1. The molecule has 0 saturated heterocycles. The number of nitrogens with zero attached hydrogens (tertiary/aromatic N) is 2. The summed E-state index contributed by atoms with van der Waals surface area (Å²) in [6.45, 7) is 1.98. The van der Waals surface area contributed by atoms with Gasteiger partial charge in [-0.1, -0.05) is 12.1 Å². The van der Waals surface area contributed by atoms with Gasteiger partial charge in [0, 0.05) is 11.7 Å². The SMILES string of the molecule is CC(Nc1nc2c(cc1C#N)CCC2)c1ccc(F)cc1. The van der Waals surface area contributed by atoms with Crippen LogP contribution in [0.15, 0.2) is 30.3 Å². The quantitative estimate of drug-likeness (QED) is 0.932. The van der Waals surface area contributed by atoms with Crippen molar-refractivity contribution in [2.75, 3.05) is 5.32 Å². The van der Waals surface area contributed by atoms with Gasteiger partial charge >= 0.3 is 0 Å². The molecule has 0 aliphatic heterocycles. The number of anilines is 1. The first-order valence-corrected chi connectivity index (χ1v) is 7.12. The lowest BCUT2D eigenvalue weighted by molar-refractivity contribution is 0.626. The molecule has 1 aromatic heterocycles. The molecule has 1 heterocycles. The van der Waals surface area contributed by atoms with Gasteiger partial charge in [-0.25, -0.2) is 9.37 Å². The Kier molecular flexibility index (Phi) is 3.57. The number of aryl methyl sites for hydroxylation is 2. The molecule has 1 aromatic carbocycles. The molecule has 21 heavy (non-hydrogen) atoms. The lowest BCUT2D eigenvalue weighted by Crippen LogP contribution is -2.10. The average molecular weight is 281 g/mol. The summed E-state index contributed by atoms with van der Waals surface area (Å²) < 4.78 is 13.0. The molecule has 1 atom stereocenters. The van der Waals surface area contributed by atoms with E-state index < -0.39 is 0 Å². The molecule has 0 saturated carbocycles. The molecule has 3 nitrogen and oxygen atoms in total. The van der Waals surface area contributed by atoms with Crippen LogP contribution in [0.4, 0.5) is 10.2 Å². The van der Waals surface area contributed by atoms with Crippen LogP contribution in [0.1, 0.15) is 41.8 Å². The van der Waals surface area contributed by atoms with Crippen LogP contribution < -0.4 is 5.32 Å². The predicted molar refractivity (Wildman–Crippen MR) is 79.4 cm³/mol. The fraction of sp³-hybridized carbons (Fsp3) is 0.294. The molecular weight excluding hydrogens is 265 g/mol. The van der Waals surface area contributed by atoms with E-state index in [1.165, 1.54) is 17.7 Å². The van der Waals surface area contributed by atoms with Crippen molar-refractivity contribution in [1.82, 2.24) is 4.98 Å². The van der Waals surface area contributed by atoms with Crippen molar-refractivity contribution in [3.8, 4) is 6.07 Å². The van der Waals surface area contributed by atoms with E-state index in [9.17, 15) is 9.65 Å². The second-order valence-corrected chi connectivity index (χ2v) is 5.37. The number of nitrogens with one attached hydrogen (secondary N) is 1. The summed E-state index contributed by atoms with van der Waals surface area (Å²) in [6.07, 6.45) is 3.08. The highest BCUT2D eigenvalue weighted by atomic mass is 19.1. The summed E-state index contributed by atoms with van der Waals surface area (Å²) in [5.74, 6) is 0.370. The molecule has 0 bridgehead atoms. The maximum atomic E-state index is 13.0. The van der Waals surface area contributed by atoms with Crippen LogP contribution >= 0.6 is 0 Å². The maximum Gasteiger partial charge on any atom is 0.144 e. The molecule has 0 radical (unpaired) electrons. The van der Waals surface area contributed by atoms with Gasteiger partial charge < -0.3 is 5.32 Å². The van der Waals surface area contributed by atoms with Crippen molar-refractivity contribution in [2.24, 2.45) is 0 Å². The van der Waals surface area contributed by atoms with Gasteiger partial charge in [-0.2, -0.15) is 5.26 Å². The van der Waals surface area contributed by atoms with Crippen LogP contribution in [0.25, 0.3) is 0 Å². The third kappa shape index (κ3) is 2.73. The molecule has 0 amide bonds. The van der Waals surface area contributed by atoms with E-state index in [1.807, 2.05) is 13.0 Å². The van der Waals surface area contributed by atoms with Gasteiger partial charge in [-0.05, 0) is 55.5 Å².